The molecule has 2 N–H and O–H groups in total. The van der Waals surface area contributed by atoms with Crippen molar-refractivity contribution in [2.75, 3.05) is 17.2 Å². The summed E-state index contributed by atoms with van der Waals surface area (Å²) in [7, 11) is 0. The van der Waals surface area contributed by atoms with Gasteiger partial charge in [-0.15, -0.1) is 0 Å². The lowest BCUT2D eigenvalue weighted by atomic mass is 10.2. The molecule has 1 aromatic heterocycles. The third-order valence-electron chi connectivity index (χ3n) is 2.70. The molecule has 0 spiro atoms. The molecule has 0 atom stereocenters. The number of nitrogens with zero attached hydrogens (tertiary/aromatic N) is 1. The van der Waals surface area contributed by atoms with Crippen LogP contribution in [0.4, 0.5) is 11.5 Å². The first-order chi connectivity index (χ1) is 9.60. The third kappa shape index (κ3) is 3.48. The van der Waals surface area contributed by atoms with Crippen LogP contribution < -0.4 is 10.6 Å². The van der Waals surface area contributed by atoms with E-state index in [4.69, 9.17) is 11.6 Å². The number of para-hydroxylation sites is 1. The molecule has 4 nitrogen and oxygen atoms in total. The number of carbonyl (C=O) groups is 1. The lowest BCUT2D eigenvalue weighted by molar-refractivity contribution is 0.102. The van der Waals surface area contributed by atoms with Crippen molar-refractivity contribution in [1.82, 2.24) is 4.98 Å². The van der Waals surface area contributed by atoms with E-state index >= 15 is 0 Å². The average Bonchev–Trinajstić information content (AvgIpc) is 2.41. The number of halogens is 1. The molecular weight excluding hydrogens is 274 g/mol. The second-order valence-electron chi connectivity index (χ2n) is 4.35. The number of benzene rings is 1. The molecule has 0 aliphatic carbocycles. The van der Waals surface area contributed by atoms with E-state index in [2.05, 4.69) is 15.6 Å². The van der Waals surface area contributed by atoms with E-state index in [0.29, 0.717) is 22.1 Å². The molecule has 0 saturated carbocycles. The number of aromatic nitrogens is 1. The zero-order chi connectivity index (χ0) is 14.5. The molecule has 5 heteroatoms. The molecule has 104 valence electrons. The number of aryl methyl sites for hydroxylation is 1. The zero-order valence-corrected chi connectivity index (χ0v) is 12.2. The molecule has 1 heterocycles. The second kappa shape index (κ2) is 6.39. The molecular formula is C15H16ClN3O. The maximum Gasteiger partial charge on any atom is 0.255 e. The summed E-state index contributed by atoms with van der Waals surface area (Å²) in [4.78, 5) is 16.6. The summed E-state index contributed by atoms with van der Waals surface area (Å²) in [5.41, 5.74) is 1.93. The van der Waals surface area contributed by atoms with Crippen molar-refractivity contribution in [3.8, 4) is 0 Å². The van der Waals surface area contributed by atoms with Crippen LogP contribution >= 0.6 is 11.6 Å². The fraction of sp³-hybridized carbons (Fsp3) is 0.200. The van der Waals surface area contributed by atoms with Crippen LogP contribution in [0, 0.1) is 6.92 Å². The molecule has 0 saturated heterocycles. The smallest absolute Gasteiger partial charge is 0.255 e. The van der Waals surface area contributed by atoms with Crippen molar-refractivity contribution in [1.29, 1.82) is 0 Å². The predicted octanol–water partition coefficient (Wildman–Crippen LogP) is 3.73. The molecule has 20 heavy (non-hydrogen) atoms. The number of anilines is 2. The van der Waals surface area contributed by atoms with E-state index in [-0.39, 0.29) is 5.91 Å². The van der Waals surface area contributed by atoms with E-state index < -0.39 is 0 Å². The first-order valence-corrected chi connectivity index (χ1v) is 6.76. The highest BCUT2D eigenvalue weighted by molar-refractivity contribution is 6.33. The summed E-state index contributed by atoms with van der Waals surface area (Å²) in [5.74, 6) is 0.486. The number of nitrogens with one attached hydrogen (secondary N) is 2. The second-order valence-corrected chi connectivity index (χ2v) is 4.75. The van der Waals surface area contributed by atoms with Crippen LogP contribution in [0.25, 0.3) is 0 Å². The van der Waals surface area contributed by atoms with Gasteiger partial charge in [0.05, 0.1) is 10.7 Å². The van der Waals surface area contributed by atoms with Gasteiger partial charge in [0, 0.05) is 17.8 Å². The molecule has 0 unspecified atom stereocenters. The monoisotopic (exact) mass is 289 g/mol. The highest BCUT2D eigenvalue weighted by atomic mass is 35.5. The van der Waals surface area contributed by atoms with E-state index in [1.54, 1.807) is 24.3 Å². The van der Waals surface area contributed by atoms with Gasteiger partial charge in [0.2, 0.25) is 0 Å². The quantitative estimate of drug-likeness (QED) is 0.902. The summed E-state index contributed by atoms with van der Waals surface area (Å²) in [6.07, 6.45) is 0. The Morgan fingerprint density at radius 3 is 2.75 bits per heavy atom. The fourth-order valence-electron chi connectivity index (χ4n) is 1.83. The first-order valence-electron chi connectivity index (χ1n) is 6.38. The Kier molecular flexibility index (Phi) is 4.58. The van der Waals surface area contributed by atoms with Crippen molar-refractivity contribution in [3.63, 3.8) is 0 Å². The highest BCUT2D eigenvalue weighted by Gasteiger charge is 2.10. The van der Waals surface area contributed by atoms with Crippen molar-refractivity contribution in [2.45, 2.75) is 13.8 Å². The molecule has 1 amide bonds. The number of pyridine rings is 1. The summed E-state index contributed by atoms with van der Waals surface area (Å²) < 4.78 is 0. The van der Waals surface area contributed by atoms with Crippen molar-refractivity contribution >= 4 is 29.0 Å². The molecule has 0 radical (unpaired) electrons. The van der Waals surface area contributed by atoms with Gasteiger partial charge in [-0.25, -0.2) is 4.98 Å². The maximum absolute atomic E-state index is 12.2. The van der Waals surface area contributed by atoms with E-state index in [1.807, 2.05) is 26.0 Å². The Bertz CT molecular complexity index is 628. The van der Waals surface area contributed by atoms with Gasteiger partial charge in [-0.3, -0.25) is 4.79 Å². The molecule has 0 fully saturated rings. The summed E-state index contributed by atoms with van der Waals surface area (Å²) >= 11 is 6.03. The van der Waals surface area contributed by atoms with Crippen LogP contribution in [0.2, 0.25) is 5.02 Å². The number of hydrogen-bond donors (Lipinski definition) is 2. The van der Waals surface area contributed by atoms with Gasteiger partial charge in [-0.1, -0.05) is 23.7 Å². The maximum atomic E-state index is 12.2. The SMILES string of the molecule is CCNc1cc(C(=O)Nc2ccccc2Cl)cc(C)n1. The topological polar surface area (TPSA) is 54.0 Å². The number of hydrogen-bond acceptors (Lipinski definition) is 3. The minimum Gasteiger partial charge on any atom is -0.370 e. The van der Waals surface area contributed by atoms with Crippen molar-refractivity contribution in [2.24, 2.45) is 0 Å². The molecule has 0 aliphatic rings. The summed E-state index contributed by atoms with van der Waals surface area (Å²) in [5, 5.41) is 6.41. The molecule has 0 bridgehead atoms. The van der Waals surface area contributed by atoms with Crippen molar-refractivity contribution in [3.05, 3.63) is 52.7 Å². The van der Waals surface area contributed by atoms with Crippen LogP contribution in [-0.2, 0) is 0 Å². The third-order valence-corrected chi connectivity index (χ3v) is 3.03. The minimum absolute atomic E-state index is 0.206. The summed E-state index contributed by atoms with van der Waals surface area (Å²) in [6, 6.07) is 10.6. The minimum atomic E-state index is -0.206. The van der Waals surface area contributed by atoms with Crippen LogP contribution in [0.1, 0.15) is 23.0 Å². The van der Waals surface area contributed by atoms with Gasteiger partial charge in [-0.2, -0.15) is 0 Å². The lowest BCUT2D eigenvalue weighted by Crippen LogP contribution is -2.13. The standard InChI is InChI=1S/C15H16ClN3O/c1-3-17-14-9-11(8-10(2)18-14)15(20)19-13-7-5-4-6-12(13)16/h4-9H,3H2,1-2H3,(H,17,18)(H,19,20). The predicted molar refractivity (Wildman–Crippen MR) is 82.5 cm³/mol. The normalized spacial score (nSPS) is 10.2. The highest BCUT2D eigenvalue weighted by Crippen LogP contribution is 2.21. The fourth-order valence-corrected chi connectivity index (χ4v) is 2.01. The van der Waals surface area contributed by atoms with Gasteiger partial charge in [0.25, 0.3) is 5.91 Å². The molecule has 2 rings (SSSR count). The van der Waals surface area contributed by atoms with Crippen LogP contribution in [0.15, 0.2) is 36.4 Å². The van der Waals surface area contributed by atoms with Gasteiger partial charge < -0.3 is 10.6 Å². The van der Waals surface area contributed by atoms with E-state index in [9.17, 15) is 4.79 Å². The van der Waals surface area contributed by atoms with Crippen LogP contribution in [0.5, 0.6) is 0 Å². The summed E-state index contributed by atoms with van der Waals surface area (Å²) in [6.45, 7) is 4.59. The Labute approximate surface area is 123 Å². The van der Waals surface area contributed by atoms with E-state index in [0.717, 1.165) is 12.2 Å². The van der Waals surface area contributed by atoms with Gasteiger partial charge in [0.1, 0.15) is 5.82 Å². The lowest BCUT2D eigenvalue weighted by Gasteiger charge is -2.09. The Morgan fingerprint density at radius 1 is 1.30 bits per heavy atom. The number of carbonyl (C=O) groups excluding carboxylic acids is 1. The number of rotatable bonds is 4. The molecule has 2 aromatic rings. The van der Waals surface area contributed by atoms with Crippen molar-refractivity contribution < 1.29 is 4.79 Å². The molecule has 1 aromatic carbocycles. The molecule has 0 aliphatic heterocycles. The van der Waals surface area contributed by atoms with E-state index in [1.165, 1.54) is 0 Å². The Morgan fingerprint density at radius 2 is 2.05 bits per heavy atom. The van der Waals surface area contributed by atoms with Gasteiger partial charge in [-0.05, 0) is 38.1 Å². The van der Waals surface area contributed by atoms with Crippen LogP contribution in [0.3, 0.4) is 0 Å². The van der Waals surface area contributed by atoms with Gasteiger partial charge >= 0.3 is 0 Å². The average molecular weight is 290 g/mol. The zero-order valence-electron chi connectivity index (χ0n) is 11.4. The Hall–Kier alpha value is -2.07. The Balaban J connectivity index is 2.23. The van der Waals surface area contributed by atoms with Gasteiger partial charge in [0.15, 0.2) is 0 Å². The van der Waals surface area contributed by atoms with Crippen LogP contribution in [-0.4, -0.2) is 17.4 Å². The number of amides is 1. The first kappa shape index (κ1) is 14.3. The largest absolute Gasteiger partial charge is 0.370 e.